The van der Waals surface area contributed by atoms with Crippen LogP contribution in [0.1, 0.15) is 26.2 Å². The third-order valence-electron chi connectivity index (χ3n) is 3.64. The summed E-state index contributed by atoms with van der Waals surface area (Å²) in [7, 11) is 0. The van der Waals surface area contributed by atoms with Gasteiger partial charge in [-0.1, -0.05) is 0 Å². The minimum Gasteiger partial charge on any atom is -0.479 e. The van der Waals surface area contributed by atoms with E-state index in [4.69, 9.17) is 9.47 Å². The van der Waals surface area contributed by atoms with Crippen molar-refractivity contribution in [2.75, 3.05) is 26.4 Å². The van der Waals surface area contributed by atoms with Gasteiger partial charge in [0.25, 0.3) is 0 Å². The van der Waals surface area contributed by atoms with E-state index in [2.05, 4.69) is 10.6 Å². The summed E-state index contributed by atoms with van der Waals surface area (Å²) in [5.41, 5.74) is -1.75. The normalized spacial score (nSPS) is 34.8. The van der Waals surface area contributed by atoms with Crippen molar-refractivity contribution >= 4 is 12.0 Å². The number of carbonyl (C=O) groups is 2. The van der Waals surface area contributed by atoms with E-state index in [0.717, 1.165) is 12.8 Å². The van der Waals surface area contributed by atoms with Crippen molar-refractivity contribution in [3.63, 3.8) is 0 Å². The lowest BCUT2D eigenvalue weighted by molar-refractivity contribution is -0.144. The molecule has 2 aliphatic heterocycles. The Balaban J connectivity index is 1.94. The molecule has 0 bridgehead atoms. The number of amides is 2. The molecule has 0 radical (unpaired) electrons. The van der Waals surface area contributed by atoms with Crippen LogP contribution in [0.3, 0.4) is 0 Å². The third kappa shape index (κ3) is 3.16. The van der Waals surface area contributed by atoms with Crippen molar-refractivity contribution in [2.45, 2.75) is 37.3 Å². The van der Waals surface area contributed by atoms with Crippen LogP contribution in [0.5, 0.6) is 0 Å². The lowest BCUT2D eigenvalue weighted by Gasteiger charge is -2.35. The second-order valence-corrected chi connectivity index (χ2v) is 5.49. The van der Waals surface area contributed by atoms with Crippen LogP contribution in [-0.4, -0.2) is 54.6 Å². The first-order chi connectivity index (χ1) is 8.96. The van der Waals surface area contributed by atoms with Gasteiger partial charge in [0.1, 0.15) is 0 Å². The molecule has 3 N–H and O–H groups in total. The van der Waals surface area contributed by atoms with Crippen LogP contribution < -0.4 is 10.6 Å². The zero-order valence-corrected chi connectivity index (χ0v) is 11.0. The Bertz CT molecular complexity index is 359. The average molecular weight is 272 g/mol. The molecule has 2 saturated heterocycles. The smallest absolute Gasteiger partial charge is 0.332 e. The first-order valence-electron chi connectivity index (χ1n) is 6.45. The van der Waals surface area contributed by atoms with E-state index < -0.39 is 23.1 Å². The Morgan fingerprint density at radius 1 is 1.11 bits per heavy atom. The van der Waals surface area contributed by atoms with Gasteiger partial charge in [0.05, 0.1) is 18.8 Å². The number of aliphatic carboxylic acids is 1. The number of ether oxygens (including phenoxy) is 2. The Morgan fingerprint density at radius 3 is 2.37 bits per heavy atom. The Morgan fingerprint density at radius 2 is 1.84 bits per heavy atom. The molecule has 2 unspecified atom stereocenters. The Hall–Kier alpha value is -1.34. The highest BCUT2D eigenvalue weighted by molar-refractivity contribution is 5.87. The van der Waals surface area contributed by atoms with Gasteiger partial charge in [0, 0.05) is 19.6 Å². The zero-order valence-electron chi connectivity index (χ0n) is 11.0. The fraction of sp³-hybridized carbons (Fsp3) is 0.833. The molecule has 0 aromatic rings. The zero-order chi connectivity index (χ0) is 13.9. The van der Waals surface area contributed by atoms with Crippen molar-refractivity contribution in [1.82, 2.24) is 10.6 Å². The first kappa shape index (κ1) is 14.1. The van der Waals surface area contributed by atoms with Crippen LogP contribution in [0, 0.1) is 0 Å². The molecule has 0 aromatic carbocycles. The van der Waals surface area contributed by atoms with Crippen LogP contribution in [-0.2, 0) is 14.3 Å². The summed E-state index contributed by atoms with van der Waals surface area (Å²) in [6.07, 6.45) is 1.98. The molecule has 7 heteroatoms. The summed E-state index contributed by atoms with van der Waals surface area (Å²) in [5.74, 6) is -1.06. The van der Waals surface area contributed by atoms with Gasteiger partial charge in [-0.15, -0.1) is 0 Å². The van der Waals surface area contributed by atoms with E-state index in [0.29, 0.717) is 19.8 Å². The quantitative estimate of drug-likeness (QED) is 0.677. The lowest BCUT2D eigenvalue weighted by atomic mass is 9.95. The van der Waals surface area contributed by atoms with E-state index in [1.165, 1.54) is 0 Å². The molecule has 0 saturated carbocycles. The van der Waals surface area contributed by atoms with Gasteiger partial charge in [0.2, 0.25) is 0 Å². The second-order valence-electron chi connectivity index (χ2n) is 5.49. The molecule has 2 aliphatic rings. The van der Waals surface area contributed by atoms with Gasteiger partial charge in [-0.2, -0.15) is 0 Å². The predicted molar refractivity (Wildman–Crippen MR) is 65.9 cm³/mol. The molecule has 0 aromatic heterocycles. The maximum absolute atomic E-state index is 12.0. The number of carbonyl (C=O) groups excluding carboxylic acids is 1. The highest BCUT2D eigenvalue weighted by atomic mass is 16.5. The molecule has 2 fully saturated rings. The van der Waals surface area contributed by atoms with Gasteiger partial charge < -0.3 is 25.2 Å². The summed E-state index contributed by atoms with van der Waals surface area (Å²) < 4.78 is 10.4. The molecule has 2 amide bonds. The monoisotopic (exact) mass is 272 g/mol. The summed E-state index contributed by atoms with van der Waals surface area (Å²) in [6, 6.07) is -0.485. The lowest BCUT2D eigenvalue weighted by Crippen LogP contribution is -2.62. The second kappa shape index (κ2) is 5.34. The molecule has 0 aliphatic carbocycles. The molecule has 108 valence electrons. The number of carboxylic acids is 1. The minimum absolute atomic E-state index is 0.00294. The molecular weight excluding hydrogens is 252 g/mol. The Kier molecular flexibility index (Phi) is 3.96. The van der Waals surface area contributed by atoms with Crippen molar-refractivity contribution < 1.29 is 24.2 Å². The van der Waals surface area contributed by atoms with E-state index in [1.807, 2.05) is 6.92 Å². The highest BCUT2D eigenvalue weighted by Gasteiger charge is 2.44. The fourth-order valence-corrected chi connectivity index (χ4v) is 2.44. The van der Waals surface area contributed by atoms with Crippen LogP contribution in [0.15, 0.2) is 0 Å². The standard InChI is InChI=1S/C12H20N2O5/c1-11(3-2-5-18-7-11)13-10(17)14-12(9(15)16)4-6-19-8-12/h2-8H2,1H3,(H,15,16)(H2,13,14,17). The number of hydrogen-bond donors (Lipinski definition) is 3. The van der Waals surface area contributed by atoms with E-state index in [1.54, 1.807) is 0 Å². The molecular formula is C12H20N2O5. The van der Waals surface area contributed by atoms with Crippen LogP contribution in [0.25, 0.3) is 0 Å². The van der Waals surface area contributed by atoms with Crippen molar-refractivity contribution in [3.8, 4) is 0 Å². The largest absolute Gasteiger partial charge is 0.479 e. The molecule has 19 heavy (non-hydrogen) atoms. The predicted octanol–water partition coefficient (Wildman–Crippen LogP) is 0.0984. The van der Waals surface area contributed by atoms with E-state index in [-0.39, 0.29) is 13.0 Å². The summed E-state index contributed by atoms with van der Waals surface area (Å²) in [6.45, 7) is 3.38. The fourth-order valence-electron chi connectivity index (χ4n) is 2.44. The SMILES string of the molecule is CC1(NC(=O)NC2(C(=O)O)CCOC2)CCCOC1. The maximum Gasteiger partial charge on any atom is 0.332 e. The van der Waals surface area contributed by atoms with Gasteiger partial charge >= 0.3 is 12.0 Å². The highest BCUT2D eigenvalue weighted by Crippen LogP contribution is 2.21. The van der Waals surface area contributed by atoms with Gasteiger partial charge in [-0.25, -0.2) is 9.59 Å². The maximum atomic E-state index is 12.0. The van der Waals surface area contributed by atoms with Crippen molar-refractivity contribution in [1.29, 1.82) is 0 Å². The van der Waals surface area contributed by atoms with E-state index in [9.17, 15) is 14.7 Å². The van der Waals surface area contributed by atoms with Crippen molar-refractivity contribution in [2.24, 2.45) is 0 Å². The average Bonchev–Trinajstić information content (AvgIpc) is 2.78. The van der Waals surface area contributed by atoms with Crippen molar-refractivity contribution in [3.05, 3.63) is 0 Å². The molecule has 0 spiro atoms. The minimum atomic E-state index is -1.31. The summed E-state index contributed by atoms with van der Waals surface area (Å²) in [4.78, 5) is 23.3. The number of hydrogen-bond acceptors (Lipinski definition) is 4. The topological polar surface area (TPSA) is 96.9 Å². The molecule has 2 atom stereocenters. The Labute approximate surface area is 111 Å². The van der Waals surface area contributed by atoms with E-state index >= 15 is 0 Å². The number of carboxylic acid groups (broad SMARTS) is 1. The number of rotatable bonds is 3. The third-order valence-corrected chi connectivity index (χ3v) is 3.64. The molecule has 2 rings (SSSR count). The van der Waals surface area contributed by atoms with Gasteiger partial charge in [-0.05, 0) is 19.8 Å². The van der Waals surface area contributed by atoms with Crippen LogP contribution in [0.4, 0.5) is 4.79 Å². The van der Waals surface area contributed by atoms with Gasteiger partial charge in [-0.3, -0.25) is 0 Å². The summed E-state index contributed by atoms with van der Waals surface area (Å²) in [5, 5.41) is 14.6. The number of nitrogens with one attached hydrogen (secondary N) is 2. The molecule has 7 nitrogen and oxygen atoms in total. The first-order valence-corrected chi connectivity index (χ1v) is 6.45. The molecule has 2 heterocycles. The summed E-state index contributed by atoms with van der Waals surface area (Å²) >= 11 is 0. The van der Waals surface area contributed by atoms with Crippen LogP contribution >= 0.6 is 0 Å². The van der Waals surface area contributed by atoms with Gasteiger partial charge in [0.15, 0.2) is 5.54 Å². The van der Waals surface area contributed by atoms with Crippen LogP contribution in [0.2, 0.25) is 0 Å². The number of urea groups is 1.